The molecule has 2 aliphatic heterocycles. The maximum absolute atomic E-state index is 12.2. The first-order chi connectivity index (χ1) is 13.7. The summed E-state index contributed by atoms with van der Waals surface area (Å²) in [6.45, 7) is 4.89. The Morgan fingerprint density at radius 3 is 2.86 bits per heavy atom. The van der Waals surface area contributed by atoms with Gasteiger partial charge in [0, 0.05) is 44.8 Å². The monoisotopic (exact) mass is 401 g/mol. The van der Waals surface area contributed by atoms with Crippen molar-refractivity contribution in [2.45, 2.75) is 38.0 Å². The minimum Gasteiger partial charge on any atom is -0.351 e. The van der Waals surface area contributed by atoms with E-state index in [-0.39, 0.29) is 11.8 Å². The van der Waals surface area contributed by atoms with Crippen LogP contribution in [0.2, 0.25) is 0 Å². The molecule has 2 saturated heterocycles. The predicted molar refractivity (Wildman–Crippen MR) is 111 cm³/mol. The topological polar surface area (TPSA) is 66.7 Å². The van der Waals surface area contributed by atoms with E-state index in [0.717, 1.165) is 57.4 Å². The molecule has 1 aromatic carbocycles. The highest BCUT2D eigenvalue weighted by molar-refractivity contribution is 7.18. The normalized spacial score (nSPS) is 22.7. The molecule has 28 heavy (non-hydrogen) atoms. The number of piperidine rings is 1. The number of thiazole rings is 1. The smallest absolute Gasteiger partial charge is 0.275 e. The van der Waals surface area contributed by atoms with Crippen molar-refractivity contribution >= 4 is 33.4 Å². The van der Waals surface area contributed by atoms with Crippen LogP contribution in [0.1, 0.15) is 43.0 Å². The van der Waals surface area contributed by atoms with Crippen LogP contribution in [0.15, 0.2) is 24.3 Å². The van der Waals surface area contributed by atoms with Gasteiger partial charge in [-0.05, 0) is 25.0 Å². The fourth-order valence-electron chi connectivity index (χ4n) is 4.24. The number of aromatic nitrogens is 1. The van der Waals surface area contributed by atoms with E-state index in [9.17, 15) is 9.59 Å². The molecular weight excluding hydrogens is 372 g/mol. The second kappa shape index (κ2) is 9.01. The van der Waals surface area contributed by atoms with Crippen molar-refractivity contribution < 1.29 is 14.5 Å². The predicted octanol–water partition coefficient (Wildman–Crippen LogP) is 1.19. The van der Waals surface area contributed by atoms with Crippen molar-refractivity contribution in [2.24, 2.45) is 0 Å². The van der Waals surface area contributed by atoms with Crippen molar-refractivity contribution in [3.63, 3.8) is 0 Å². The number of benzene rings is 1. The van der Waals surface area contributed by atoms with Crippen molar-refractivity contribution in [1.29, 1.82) is 0 Å². The average molecular weight is 402 g/mol. The minimum atomic E-state index is 0.126. The Kier molecular flexibility index (Phi) is 6.22. The highest BCUT2D eigenvalue weighted by atomic mass is 32.1. The molecule has 2 aliphatic rings. The van der Waals surface area contributed by atoms with E-state index in [1.807, 2.05) is 22.3 Å². The first kappa shape index (κ1) is 19.3. The second-order valence-corrected chi connectivity index (χ2v) is 8.97. The molecule has 2 amide bonds. The first-order valence-electron chi connectivity index (χ1n) is 10.4. The Morgan fingerprint density at radius 1 is 1.29 bits per heavy atom. The molecule has 1 aromatic heterocycles. The van der Waals surface area contributed by atoms with E-state index in [0.29, 0.717) is 25.4 Å². The number of hydrogen-bond donors (Lipinski definition) is 2. The van der Waals surface area contributed by atoms with Crippen molar-refractivity contribution in [1.82, 2.24) is 15.2 Å². The zero-order chi connectivity index (χ0) is 19.3. The Balaban J connectivity index is 1.16. The molecule has 7 heteroatoms. The van der Waals surface area contributed by atoms with Crippen molar-refractivity contribution in [3.8, 4) is 0 Å². The second-order valence-electron chi connectivity index (χ2n) is 7.91. The summed E-state index contributed by atoms with van der Waals surface area (Å²) in [6, 6.07) is 8.33. The lowest BCUT2D eigenvalue weighted by Crippen LogP contribution is -3.14. The van der Waals surface area contributed by atoms with Gasteiger partial charge in [-0.2, -0.15) is 0 Å². The fraction of sp³-hybridized carbons (Fsp3) is 0.571. The molecule has 6 nitrogen and oxygen atoms in total. The third-order valence-electron chi connectivity index (χ3n) is 5.86. The number of nitrogens with one attached hydrogen (secondary N) is 2. The number of para-hydroxylation sites is 1. The Bertz CT molecular complexity index is 796. The third kappa shape index (κ3) is 4.70. The van der Waals surface area contributed by atoms with Crippen LogP contribution in [-0.2, 0) is 9.59 Å². The van der Waals surface area contributed by atoms with Crippen LogP contribution >= 0.6 is 11.3 Å². The molecule has 0 saturated carbocycles. The number of nitrogens with zero attached hydrogens (tertiary/aromatic N) is 2. The maximum Gasteiger partial charge on any atom is 0.275 e. The Hall–Kier alpha value is -1.99. The van der Waals surface area contributed by atoms with Crippen LogP contribution in [0.25, 0.3) is 10.2 Å². The van der Waals surface area contributed by atoms with E-state index in [2.05, 4.69) is 23.5 Å². The zero-order valence-electron chi connectivity index (χ0n) is 16.3. The molecule has 2 fully saturated rings. The Labute approximate surface area is 169 Å². The summed E-state index contributed by atoms with van der Waals surface area (Å²) in [5, 5.41) is 4.27. The summed E-state index contributed by atoms with van der Waals surface area (Å²) in [5.74, 6) is 0.912. The van der Waals surface area contributed by atoms with Crippen LogP contribution in [0.5, 0.6) is 0 Å². The number of rotatable bonds is 7. The average Bonchev–Trinajstić information content (AvgIpc) is 3.32. The summed E-state index contributed by atoms with van der Waals surface area (Å²) in [7, 11) is 0. The minimum absolute atomic E-state index is 0.126. The number of carbonyl (C=O) groups is 2. The van der Waals surface area contributed by atoms with Crippen molar-refractivity contribution in [2.75, 3.05) is 39.3 Å². The lowest BCUT2D eigenvalue weighted by Gasteiger charge is -2.27. The lowest BCUT2D eigenvalue weighted by molar-refractivity contribution is -0.897. The maximum atomic E-state index is 12.2. The van der Waals surface area contributed by atoms with Crippen LogP contribution < -0.4 is 10.2 Å². The molecule has 0 spiro atoms. The van der Waals surface area contributed by atoms with E-state index in [1.54, 1.807) is 0 Å². The molecular formula is C21H29N4O2S+. The molecule has 0 bridgehead atoms. The number of likely N-dealkylation sites (tertiary alicyclic amines) is 2. The molecule has 0 unspecified atom stereocenters. The van der Waals surface area contributed by atoms with Gasteiger partial charge in [0.05, 0.1) is 28.3 Å². The van der Waals surface area contributed by atoms with Gasteiger partial charge in [0.25, 0.3) is 5.91 Å². The fourth-order valence-corrected chi connectivity index (χ4v) is 5.38. The van der Waals surface area contributed by atoms with Gasteiger partial charge in [0.15, 0.2) is 6.54 Å². The molecule has 2 aromatic rings. The van der Waals surface area contributed by atoms with Crippen LogP contribution in [0, 0.1) is 0 Å². The highest BCUT2D eigenvalue weighted by Gasteiger charge is 2.27. The van der Waals surface area contributed by atoms with Gasteiger partial charge in [-0.15, -0.1) is 11.3 Å². The number of hydrogen-bond acceptors (Lipinski definition) is 4. The van der Waals surface area contributed by atoms with Crippen LogP contribution in [0.4, 0.5) is 0 Å². The summed E-state index contributed by atoms with van der Waals surface area (Å²) in [6.07, 6.45) is 4.69. The van der Waals surface area contributed by atoms with Gasteiger partial charge in [0.1, 0.15) is 0 Å². The first-order valence-corrected chi connectivity index (χ1v) is 11.2. The van der Waals surface area contributed by atoms with Gasteiger partial charge in [-0.25, -0.2) is 4.98 Å². The molecule has 0 atom stereocenters. The van der Waals surface area contributed by atoms with E-state index >= 15 is 0 Å². The van der Waals surface area contributed by atoms with Gasteiger partial charge in [-0.1, -0.05) is 12.1 Å². The van der Waals surface area contributed by atoms with Gasteiger partial charge in [-0.3, -0.25) is 9.59 Å². The molecule has 4 rings (SSSR count). The standard InChI is InChI=1S/C21H28N4O2S/c26-19(22-10-4-12-25-11-3-7-20(25)27)15-24-13-8-16(9-14-24)21-23-17-5-1-2-6-18(17)28-21/h1-2,5-6,16H,3-4,7-15H2,(H,22,26)/p+1. The number of amides is 2. The summed E-state index contributed by atoms with van der Waals surface area (Å²) in [5.41, 5.74) is 1.10. The van der Waals surface area contributed by atoms with Gasteiger partial charge < -0.3 is 15.1 Å². The highest BCUT2D eigenvalue weighted by Crippen LogP contribution is 2.31. The molecule has 0 aliphatic carbocycles. The van der Waals surface area contributed by atoms with E-state index in [1.165, 1.54) is 14.6 Å². The quantitative estimate of drug-likeness (QED) is 0.685. The van der Waals surface area contributed by atoms with Gasteiger partial charge in [0.2, 0.25) is 5.91 Å². The SMILES string of the molecule is O=C(C[NH+]1CCC(c2nc3ccccc3s2)CC1)NCCCN1CCCC1=O. The van der Waals surface area contributed by atoms with Crippen LogP contribution in [0.3, 0.4) is 0 Å². The zero-order valence-corrected chi connectivity index (χ0v) is 17.1. The molecule has 0 radical (unpaired) electrons. The van der Waals surface area contributed by atoms with Crippen LogP contribution in [-0.4, -0.2) is 61.0 Å². The molecule has 2 N–H and O–H groups in total. The van der Waals surface area contributed by atoms with Crippen molar-refractivity contribution in [3.05, 3.63) is 29.3 Å². The summed E-state index contributed by atoms with van der Waals surface area (Å²) >= 11 is 1.82. The van der Waals surface area contributed by atoms with E-state index in [4.69, 9.17) is 4.98 Å². The molecule has 150 valence electrons. The van der Waals surface area contributed by atoms with Gasteiger partial charge >= 0.3 is 0 Å². The van der Waals surface area contributed by atoms with E-state index < -0.39 is 0 Å². The molecule has 3 heterocycles. The number of carbonyl (C=O) groups excluding carboxylic acids is 2. The Morgan fingerprint density at radius 2 is 2.11 bits per heavy atom. The summed E-state index contributed by atoms with van der Waals surface area (Å²) < 4.78 is 1.27. The largest absolute Gasteiger partial charge is 0.351 e. The summed E-state index contributed by atoms with van der Waals surface area (Å²) in [4.78, 5) is 31.9. The third-order valence-corrected chi connectivity index (χ3v) is 7.06. The lowest BCUT2D eigenvalue weighted by atomic mass is 9.97. The number of quaternary nitrogens is 1. The number of fused-ring (bicyclic) bond motifs is 1.